The Morgan fingerprint density at radius 3 is 2.85 bits per heavy atom. The molecule has 5 aliphatic rings. The fourth-order valence-corrected chi connectivity index (χ4v) is 8.24. The van der Waals surface area contributed by atoms with Crippen LogP contribution < -0.4 is 0 Å². The van der Waals surface area contributed by atoms with Gasteiger partial charge in [0.25, 0.3) is 0 Å². The van der Waals surface area contributed by atoms with Crippen molar-refractivity contribution in [3.05, 3.63) is 48.0 Å². The smallest absolute Gasteiger partial charge is 0.218 e. The second-order valence-electron chi connectivity index (χ2n) is 10.9. The van der Waals surface area contributed by atoms with Crippen LogP contribution in [0.1, 0.15) is 51.6 Å². The summed E-state index contributed by atoms with van der Waals surface area (Å²) >= 11 is 0. The van der Waals surface area contributed by atoms with Crippen LogP contribution in [0.5, 0.6) is 0 Å². The van der Waals surface area contributed by atoms with Crippen molar-refractivity contribution in [3.8, 4) is 0 Å². The third-order valence-electron chi connectivity index (χ3n) is 9.57. The Morgan fingerprint density at radius 1 is 1.30 bits per heavy atom. The van der Waals surface area contributed by atoms with Gasteiger partial charge in [-0.2, -0.15) is 0 Å². The van der Waals surface area contributed by atoms with Gasteiger partial charge in [0, 0.05) is 16.7 Å². The molecule has 2 N–H and O–H groups in total. The van der Waals surface area contributed by atoms with Gasteiger partial charge in [-0.3, -0.25) is 9.59 Å². The lowest BCUT2D eigenvalue weighted by molar-refractivity contribution is -0.203. The Balaban J connectivity index is 1.41. The molecule has 1 aromatic heterocycles. The number of aliphatic hydroxyl groups excluding tert-OH is 2. The Bertz CT molecular complexity index is 1060. The predicted octanol–water partition coefficient (Wildman–Crippen LogP) is 2.88. The SMILES string of the molecule is C[C@]12C=CC(=O)C=C1CC[C@@H]1[C@@H]2C(O)C[C@@]2(C)[C@H]1C[C@H]1O[C@H](c3ccco3)O[C@]12C(=O)CO. The van der Waals surface area contributed by atoms with Gasteiger partial charge in [-0.1, -0.05) is 25.5 Å². The highest BCUT2D eigenvalue weighted by molar-refractivity contribution is 6.01. The van der Waals surface area contributed by atoms with E-state index in [9.17, 15) is 19.8 Å². The molecule has 9 atom stereocenters. The number of carbonyl (C=O) groups excluding carboxylic acids is 2. The Labute approximate surface area is 192 Å². The Kier molecular flexibility index (Phi) is 4.54. The third-order valence-corrected chi connectivity index (χ3v) is 9.57. The zero-order valence-electron chi connectivity index (χ0n) is 18.9. The van der Waals surface area contributed by atoms with E-state index in [0.717, 1.165) is 18.4 Å². The van der Waals surface area contributed by atoms with E-state index in [1.807, 2.05) is 13.0 Å². The minimum Gasteiger partial charge on any atom is -0.464 e. The zero-order chi connectivity index (χ0) is 23.2. The molecule has 0 aromatic carbocycles. The summed E-state index contributed by atoms with van der Waals surface area (Å²) in [6, 6.07) is 3.49. The van der Waals surface area contributed by atoms with E-state index in [2.05, 4.69) is 6.92 Å². The number of rotatable bonds is 3. The summed E-state index contributed by atoms with van der Waals surface area (Å²) in [6.07, 6.45) is 7.42. The van der Waals surface area contributed by atoms with Crippen LogP contribution in [0.25, 0.3) is 0 Å². The van der Waals surface area contributed by atoms with Gasteiger partial charge >= 0.3 is 0 Å². The van der Waals surface area contributed by atoms with Crippen LogP contribution >= 0.6 is 0 Å². The number of ether oxygens (including phenoxy) is 2. The van der Waals surface area contributed by atoms with Gasteiger partial charge in [0.15, 0.2) is 22.9 Å². The molecule has 0 radical (unpaired) electrons. The number of fused-ring (bicyclic) bond motifs is 7. The van der Waals surface area contributed by atoms with Crippen molar-refractivity contribution >= 4 is 11.6 Å². The summed E-state index contributed by atoms with van der Waals surface area (Å²) in [5.41, 5.74) is -1.35. The molecule has 176 valence electrons. The van der Waals surface area contributed by atoms with Gasteiger partial charge in [-0.25, -0.2) is 0 Å². The van der Waals surface area contributed by atoms with Crippen molar-refractivity contribution in [1.29, 1.82) is 0 Å². The third kappa shape index (κ3) is 2.59. The summed E-state index contributed by atoms with van der Waals surface area (Å²) in [5.74, 6) is 0.254. The van der Waals surface area contributed by atoms with E-state index in [4.69, 9.17) is 13.9 Å². The summed E-state index contributed by atoms with van der Waals surface area (Å²) < 4.78 is 18.2. The molecule has 0 bridgehead atoms. The molecule has 1 saturated heterocycles. The molecule has 1 aromatic rings. The molecule has 7 heteroatoms. The molecule has 1 unspecified atom stereocenters. The number of ketones is 2. The number of aliphatic hydroxyl groups is 2. The van der Waals surface area contributed by atoms with Crippen molar-refractivity contribution < 1.29 is 33.7 Å². The molecule has 2 heterocycles. The summed E-state index contributed by atoms with van der Waals surface area (Å²) in [6.45, 7) is 3.49. The number of allylic oxidation sites excluding steroid dienone is 4. The first-order valence-corrected chi connectivity index (χ1v) is 11.9. The highest BCUT2D eigenvalue weighted by Gasteiger charge is 2.76. The average Bonchev–Trinajstić information content (AvgIpc) is 3.48. The number of hydrogen-bond donors (Lipinski definition) is 2. The standard InChI is InChI=1S/C26H30O7/c1-24-8-7-15(28)10-14(24)5-6-16-17-11-21-26(20(30)13-27,25(17,2)12-18(29)22(16)24)33-23(32-21)19-4-3-9-31-19/h3-4,7-10,16-18,21-23,27,29H,5-6,11-13H2,1-2H3/t16-,17-,18?,21+,22+,23-,24-,25-,26+/m0/s1. The molecule has 7 nitrogen and oxygen atoms in total. The molecule has 6 rings (SSSR count). The first kappa shape index (κ1) is 21.5. The number of furan rings is 1. The fraction of sp³-hybridized carbons (Fsp3) is 0.615. The van der Waals surface area contributed by atoms with Crippen LogP contribution in [0, 0.1) is 28.6 Å². The number of Topliss-reactive ketones (excluding diaryl/α,β-unsaturated/α-hetero) is 1. The van der Waals surface area contributed by atoms with E-state index in [1.54, 1.807) is 24.3 Å². The van der Waals surface area contributed by atoms with Crippen molar-refractivity contribution in [1.82, 2.24) is 0 Å². The van der Waals surface area contributed by atoms with Crippen LogP contribution in [0.3, 0.4) is 0 Å². The fourth-order valence-electron chi connectivity index (χ4n) is 8.24. The van der Waals surface area contributed by atoms with Crippen LogP contribution in [-0.4, -0.2) is 46.2 Å². The molecule has 1 aliphatic heterocycles. The highest BCUT2D eigenvalue weighted by atomic mass is 16.8. The molecule has 0 spiro atoms. The minimum absolute atomic E-state index is 0.00437. The molecule has 0 amide bonds. The van der Waals surface area contributed by atoms with E-state index >= 15 is 0 Å². The molecule has 33 heavy (non-hydrogen) atoms. The lowest BCUT2D eigenvalue weighted by Gasteiger charge is -2.59. The zero-order valence-corrected chi connectivity index (χ0v) is 18.9. The van der Waals surface area contributed by atoms with Gasteiger partial charge in [-0.15, -0.1) is 0 Å². The van der Waals surface area contributed by atoms with Crippen molar-refractivity contribution in [2.75, 3.05) is 6.61 Å². The summed E-state index contributed by atoms with van der Waals surface area (Å²) in [4.78, 5) is 25.4. The van der Waals surface area contributed by atoms with Gasteiger partial charge in [0.1, 0.15) is 6.61 Å². The number of carbonyl (C=O) groups is 2. The summed E-state index contributed by atoms with van der Waals surface area (Å²) in [5, 5.41) is 21.5. The number of hydrogen-bond acceptors (Lipinski definition) is 7. The van der Waals surface area contributed by atoms with Crippen LogP contribution in [-0.2, 0) is 19.1 Å². The van der Waals surface area contributed by atoms with E-state index in [0.29, 0.717) is 18.6 Å². The van der Waals surface area contributed by atoms with Crippen molar-refractivity contribution in [2.45, 2.75) is 63.6 Å². The summed E-state index contributed by atoms with van der Waals surface area (Å²) in [7, 11) is 0. The van der Waals surface area contributed by atoms with Gasteiger partial charge < -0.3 is 24.1 Å². The molecular weight excluding hydrogens is 424 g/mol. The van der Waals surface area contributed by atoms with E-state index in [1.165, 1.54) is 6.26 Å². The molecule has 4 aliphatic carbocycles. The lowest BCUT2D eigenvalue weighted by atomic mass is 9.46. The maximum absolute atomic E-state index is 13.4. The van der Waals surface area contributed by atoms with Gasteiger partial charge in [0.05, 0.1) is 18.5 Å². The average molecular weight is 455 g/mol. The van der Waals surface area contributed by atoms with Gasteiger partial charge in [-0.05, 0) is 61.8 Å². The molecule has 3 saturated carbocycles. The predicted molar refractivity (Wildman–Crippen MR) is 116 cm³/mol. The second-order valence-corrected chi connectivity index (χ2v) is 10.9. The van der Waals surface area contributed by atoms with Crippen LogP contribution in [0.15, 0.2) is 46.6 Å². The largest absolute Gasteiger partial charge is 0.464 e. The first-order chi connectivity index (χ1) is 15.7. The van der Waals surface area contributed by atoms with Gasteiger partial charge in [0.2, 0.25) is 6.29 Å². The van der Waals surface area contributed by atoms with Crippen molar-refractivity contribution in [3.63, 3.8) is 0 Å². The molecule has 4 fully saturated rings. The lowest BCUT2D eigenvalue weighted by Crippen LogP contribution is -2.63. The maximum atomic E-state index is 13.4. The Morgan fingerprint density at radius 2 is 2.12 bits per heavy atom. The van der Waals surface area contributed by atoms with E-state index in [-0.39, 0.29) is 29.0 Å². The van der Waals surface area contributed by atoms with E-state index < -0.39 is 41.9 Å². The Hall–Kier alpha value is -2.06. The normalized spacial score (nSPS) is 48.0. The van der Waals surface area contributed by atoms with Crippen LogP contribution in [0.4, 0.5) is 0 Å². The highest BCUT2D eigenvalue weighted by Crippen LogP contribution is 2.70. The first-order valence-electron chi connectivity index (χ1n) is 11.9. The molecular formula is C26H30O7. The topological polar surface area (TPSA) is 106 Å². The minimum atomic E-state index is -1.34. The quantitative estimate of drug-likeness (QED) is 0.723. The van der Waals surface area contributed by atoms with Crippen molar-refractivity contribution in [2.24, 2.45) is 28.6 Å². The maximum Gasteiger partial charge on any atom is 0.218 e. The van der Waals surface area contributed by atoms with Crippen LogP contribution in [0.2, 0.25) is 0 Å². The monoisotopic (exact) mass is 454 g/mol. The second kappa shape index (κ2) is 6.98.